The molecule has 1 aromatic rings. The molecule has 1 aliphatic rings. The van der Waals surface area contributed by atoms with E-state index < -0.39 is 23.7 Å². The number of nitrogen functional groups attached to an aromatic ring is 1. The minimum absolute atomic E-state index is 0.0102. The zero-order valence-electron chi connectivity index (χ0n) is 11.8. The van der Waals surface area contributed by atoms with E-state index in [1.807, 2.05) is 0 Å². The number of amides is 1. The molecule has 0 bridgehead atoms. The second-order valence-electron chi connectivity index (χ2n) is 5.08. The fraction of sp³-hybridized carbons (Fsp3) is 0.429. The molecule has 1 unspecified atom stereocenters. The first-order chi connectivity index (χ1) is 9.90. The molecular formula is C14H18FN3O3. The third-order valence-corrected chi connectivity index (χ3v) is 3.73. The third kappa shape index (κ3) is 3.30. The van der Waals surface area contributed by atoms with E-state index in [-0.39, 0.29) is 11.3 Å². The van der Waals surface area contributed by atoms with E-state index >= 15 is 0 Å². The normalized spacial score (nSPS) is 17.5. The van der Waals surface area contributed by atoms with E-state index in [2.05, 4.69) is 0 Å². The first kappa shape index (κ1) is 15.2. The Morgan fingerprint density at radius 3 is 2.43 bits per heavy atom. The van der Waals surface area contributed by atoms with Gasteiger partial charge in [0.1, 0.15) is 11.9 Å². The lowest BCUT2D eigenvalue weighted by Crippen LogP contribution is -2.53. The molecule has 0 aromatic heterocycles. The maximum atomic E-state index is 13.8. The van der Waals surface area contributed by atoms with Gasteiger partial charge >= 0.3 is 5.97 Å². The molecule has 1 aliphatic heterocycles. The van der Waals surface area contributed by atoms with Gasteiger partial charge in [-0.05, 0) is 25.1 Å². The van der Waals surface area contributed by atoms with Crippen molar-refractivity contribution in [2.24, 2.45) is 0 Å². The summed E-state index contributed by atoms with van der Waals surface area (Å²) < 4.78 is 13.8. The van der Waals surface area contributed by atoms with Crippen LogP contribution in [0, 0.1) is 5.82 Å². The van der Waals surface area contributed by atoms with Gasteiger partial charge in [-0.2, -0.15) is 0 Å². The average Bonchev–Trinajstić information content (AvgIpc) is 2.46. The predicted molar refractivity (Wildman–Crippen MR) is 75.4 cm³/mol. The van der Waals surface area contributed by atoms with Crippen LogP contribution in [0.3, 0.4) is 0 Å². The molecule has 6 nitrogen and oxygen atoms in total. The number of carboxylic acids is 1. The topological polar surface area (TPSA) is 86.9 Å². The van der Waals surface area contributed by atoms with Crippen LogP contribution < -0.4 is 5.73 Å². The van der Waals surface area contributed by atoms with Crippen LogP contribution in [0.15, 0.2) is 18.2 Å². The minimum atomic E-state index is -0.889. The summed E-state index contributed by atoms with van der Waals surface area (Å²) in [5.74, 6) is -1.92. The number of piperazine rings is 1. The maximum Gasteiger partial charge on any atom is 0.320 e. The number of nitrogens with two attached hydrogens (primary N) is 1. The van der Waals surface area contributed by atoms with Crippen LogP contribution in [0.5, 0.6) is 0 Å². The van der Waals surface area contributed by atoms with Gasteiger partial charge in [-0.1, -0.05) is 0 Å². The standard InChI is InChI=1S/C14H18FN3O3/c1-9(14(20)21)17-4-6-18(7-5-17)13(19)11-3-2-10(16)8-12(11)15/h2-3,8-9H,4-7,16H2,1H3,(H,20,21). The minimum Gasteiger partial charge on any atom is -0.480 e. The number of aliphatic carboxylic acids is 1. The first-order valence-electron chi connectivity index (χ1n) is 6.71. The van der Waals surface area contributed by atoms with Gasteiger partial charge in [0, 0.05) is 31.9 Å². The van der Waals surface area contributed by atoms with Crippen molar-refractivity contribution in [2.45, 2.75) is 13.0 Å². The third-order valence-electron chi connectivity index (χ3n) is 3.73. The fourth-order valence-electron chi connectivity index (χ4n) is 2.34. The monoisotopic (exact) mass is 295 g/mol. The Labute approximate surface area is 121 Å². The molecule has 2 rings (SSSR count). The molecule has 1 fully saturated rings. The number of hydrogen-bond donors (Lipinski definition) is 2. The Bertz CT molecular complexity index is 556. The second kappa shape index (κ2) is 6.09. The van der Waals surface area contributed by atoms with Crippen LogP contribution in [0.4, 0.5) is 10.1 Å². The number of benzene rings is 1. The van der Waals surface area contributed by atoms with E-state index in [4.69, 9.17) is 10.8 Å². The lowest BCUT2D eigenvalue weighted by molar-refractivity contribution is -0.143. The molecule has 1 amide bonds. The Hall–Kier alpha value is -2.15. The van der Waals surface area contributed by atoms with E-state index in [1.54, 1.807) is 11.8 Å². The maximum absolute atomic E-state index is 13.8. The van der Waals surface area contributed by atoms with Crippen molar-refractivity contribution in [1.29, 1.82) is 0 Å². The summed E-state index contributed by atoms with van der Waals surface area (Å²) in [7, 11) is 0. The molecule has 0 aliphatic carbocycles. The van der Waals surface area contributed by atoms with Crippen LogP contribution in [0.25, 0.3) is 0 Å². The fourth-order valence-corrected chi connectivity index (χ4v) is 2.34. The number of halogens is 1. The van der Waals surface area contributed by atoms with Gasteiger partial charge in [0.25, 0.3) is 5.91 Å². The van der Waals surface area contributed by atoms with Gasteiger partial charge in [-0.25, -0.2) is 4.39 Å². The largest absolute Gasteiger partial charge is 0.480 e. The number of carbonyl (C=O) groups excluding carboxylic acids is 1. The Morgan fingerprint density at radius 2 is 1.90 bits per heavy atom. The summed E-state index contributed by atoms with van der Waals surface area (Å²) in [4.78, 5) is 26.5. The first-order valence-corrected chi connectivity index (χ1v) is 6.71. The highest BCUT2D eigenvalue weighted by atomic mass is 19.1. The van der Waals surface area contributed by atoms with E-state index in [0.717, 1.165) is 6.07 Å². The summed E-state index contributed by atoms with van der Waals surface area (Å²) in [5.41, 5.74) is 5.72. The molecule has 1 aromatic carbocycles. The Balaban J connectivity index is 2.02. The number of carboxylic acid groups (broad SMARTS) is 1. The van der Waals surface area contributed by atoms with Crippen LogP contribution in [0.2, 0.25) is 0 Å². The van der Waals surface area contributed by atoms with Crippen LogP contribution in [-0.2, 0) is 4.79 Å². The van der Waals surface area contributed by atoms with Gasteiger partial charge < -0.3 is 15.7 Å². The highest BCUT2D eigenvalue weighted by Crippen LogP contribution is 2.16. The molecule has 3 N–H and O–H groups in total. The molecule has 1 atom stereocenters. The number of hydrogen-bond acceptors (Lipinski definition) is 4. The molecule has 0 saturated carbocycles. The molecule has 0 spiro atoms. The average molecular weight is 295 g/mol. The summed E-state index contributed by atoms with van der Waals surface area (Å²) in [5, 5.41) is 8.97. The summed E-state index contributed by atoms with van der Waals surface area (Å²) >= 11 is 0. The molecule has 0 radical (unpaired) electrons. The highest BCUT2D eigenvalue weighted by molar-refractivity contribution is 5.95. The summed E-state index contributed by atoms with van der Waals surface area (Å²) in [6, 6.07) is 3.39. The van der Waals surface area contributed by atoms with Crippen LogP contribution in [-0.4, -0.2) is 59.0 Å². The molecule has 1 saturated heterocycles. The van der Waals surface area contributed by atoms with Crippen molar-refractivity contribution in [3.8, 4) is 0 Å². The molecule has 1 heterocycles. The second-order valence-corrected chi connectivity index (χ2v) is 5.08. The Morgan fingerprint density at radius 1 is 1.29 bits per heavy atom. The van der Waals surface area contributed by atoms with Crippen molar-refractivity contribution in [2.75, 3.05) is 31.9 Å². The lowest BCUT2D eigenvalue weighted by Gasteiger charge is -2.36. The van der Waals surface area contributed by atoms with E-state index in [9.17, 15) is 14.0 Å². The van der Waals surface area contributed by atoms with Crippen molar-refractivity contribution in [3.63, 3.8) is 0 Å². The summed E-state index contributed by atoms with van der Waals surface area (Å²) in [6.45, 7) is 3.27. The zero-order chi connectivity index (χ0) is 15.6. The van der Waals surface area contributed by atoms with Crippen molar-refractivity contribution >= 4 is 17.6 Å². The van der Waals surface area contributed by atoms with Gasteiger partial charge in [-0.3, -0.25) is 14.5 Å². The van der Waals surface area contributed by atoms with Crippen molar-refractivity contribution in [1.82, 2.24) is 9.80 Å². The quantitative estimate of drug-likeness (QED) is 0.799. The van der Waals surface area contributed by atoms with Crippen LogP contribution >= 0.6 is 0 Å². The van der Waals surface area contributed by atoms with E-state index in [1.165, 1.54) is 17.0 Å². The summed E-state index contributed by atoms with van der Waals surface area (Å²) in [6.07, 6.45) is 0. The lowest BCUT2D eigenvalue weighted by atomic mass is 10.1. The molecule has 21 heavy (non-hydrogen) atoms. The number of anilines is 1. The zero-order valence-corrected chi connectivity index (χ0v) is 11.8. The number of nitrogens with zero attached hydrogens (tertiary/aromatic N) is 2. The van der Waals surface area contributed by atoms with E-state index in [0.29, 0.717) is 26.2 Å². The predicted octanol–water partition coefficient (Wildman–Crippen LogP) is 0.639. The van der Waals surface area contributed by atoms with Gasteiger partial charge in [0.05, 0.1) is 5.56 Å². The number of carbonyl (C=O) groups is 2. The molecule has 114 valence electrons. The smallest absolute Gasteiger partial charge is 0.320 e. The van der Waals surface area contributed by atoms with Crippen LogP contribution in [0.1, 0.15) is 17.3 Å². The SMILES string of the molecule is CC(C(=O)O)N1CCN(C(=O)c2ccc(N)cc2F)CC1. The van der Waals surface area contributed by atoms with Gasteiger partial charge in [-0.15, -0.1) is 0 Å². The molecule has 7 heteroatoms. The number of rotatable bonds is 3. The molecular weight excluding hydrogens is 277 g/mol. The van der Waals surface area contributed by atoms with Crippen molar-refractivity contribution in [3.05, 3.63) is 29.6 Å². The van der Waals surface area contributed by atoms with Gasteiger partial charge in [0.2, 0.25) is 0 Å². The van der Waals surface area contributed by atoms with Gasteiger partial charge in [0.15, 0.2) is 0 Å². The Kier molecular flexibility index (Phi) is 4.42. The highest BCUT2D eigenvalue weighted by Gasteiger charge is 2.28. The van der Waals surface area contributed by atoms with Crippen molar-refractivity contribution < 1.29 is 19.1 Å².